The van der Waals surface area contributed by atoms with Crippen molar-refractivity contribution in [2.24, 2.45) is 0 Å². The van der Waals surface area contributed by atoms with Crippen molar-refractivity contribution in [1.29, 1.82) is 0 Å². The molecule has 3 rings (SSSR count). The van der Waals surface area contributed by atoms with Gasteiger partial charge in [0.1, 0.15) is 5.75 Å². The molecule has 0 spiro atoms. The summed E-state index contributed by atoms with van der Waals surface area (Å²) >= 11 is 0. The highest BCUT2D eigenvalue weighted by Gasteiger charge is 2.31. The van der Waals surface area contributed by atoms with E-state index < -0.39 is 6.36 Å². The van der Waals surface area contributed by atoms with Crippen LogP contribution < -0.4 is 9.64 Å². The lowest BCUT2D eigenvalue weighted by Gasteiger charge is -2.31. The van der Waals surface area contributed by atoms with Crippen LogP contribution in [0.15, 0.2) is 42.5 Å². The molecular formula is C18H18F3NO. The van der Waals surface area contributed by atoms with Crippen molar-refractivity contribution in [1.82, 2.24) is 0 Å². The zero-order chi connectivity index (χ0) is 16.4. The number of alkyl halides is 3. The first kappa shape index (κ1) is 15.7. The molecule has 0 saturated carbocycles. The van der Waals surface area contributed by atoms with E-state index in [0.29, 0.717) is 6.54 Å². The largest absolute Gasteiger partial charge is 0.573 e. The van der Waals surface area contributed by atoms with Gasteiger partial charge in [-0.3, -0.25) is 0 Å². The third-order valence-electron chi connectivity index (χ3n) is 3.98. The Bertz CT molecular complexity index is 680. The quantitative estimate of drug-likeness (QED) is 0.801. The second kappa shape index (κ2) is 6.14. The monoisotopic (exact) mass is 321 g/mol. The molecule has 0 unspecified atom stereocenters. The van der Waals surface area contributed by atoms with Gasteiger partial charge in [-0.2, -0.15) is 0 Å². The molecule has 0 bridgehead atoms. The number of halogens is 3. The zero-order valence-electron chi connectivity index (χ0n) is 12.9. The van der Waals surface area contributed by atoms with Gasteiger partial charge in [-0.05, 0) is 49.1 Å². The minimum atomic E-state index is -4.65. The van der Waals surface area contributed by atoms with Crippen LogP contribution in [0.3, 0.4) is 0 Å². The fraction of sp³-hybridized carbons (Fsp3) is 0.333. The highest BCUT2D eigenvalue weighted by molar-refractivity contribution is 5.57. The van der Waals surface area contributed by atoms with Gasteiger partial charge in [-0.1, -0.05) is 29.8 Å². The van der Waals surface area contributed by atoms with E-state index in [2.05, 4.69) is 34.8 Å². The molecule has 5 heteroatoms. The molecule has 122 valence electrons. The smallest absolute Gasteiger partial charge is 0.406 e. The van der Waals surface area contributed by atoms with E-state index in [4.69, 9.17) is 0 Å². The Balaban J connectivity index is 1.73. The number of anilines is 1. The van der Waals surface area contributed by atoms with E-state index >= 15 is 0 Å². The van der Waals surface area contributed by atoms with Gasteiger partial charge in [0.2, 0.25) is 0 Å². The predicted octanol–water partition coefficient (Wildman–Crippen LogP) is 4.85. The molecule has 0 amide bonds. The zero-order valence-corrected chi connectivity index (χ0v) is 12.9. The van der Waals surface area contributed by atoms with Crippen LogP contribution in [0.1, 0.15) is 23.1 Å². The summed E-state index contributed by atoms with van der Waals surface area (Å²) in [6.07, 6.45) is -2.48. The van der Waals surface area contributed by atoms with Gasteiger partial charge in [-0.15, -0.1) is 13.2 Å². The van der Waals surface area contributed by atoms with Crippen molar-refractivity contribution in [2.45, 2.75) is 32.7 Å². The van der Waals surface area contributed by atoms with Crippen molar-refractivity contribution in [2.75, 3.05) is 11.4 Å². The van der Waals surface area contributed by atoms with Gasteiger partial charge in [0.05, 0.1) is 0 Å². The van der Waals surface area contributed by atoms with Gasteiger partial charge in [-0.25, -0.2) is 0 Å². The van der Waals surface area contributed by atoms with Crippen LogP contribution in [0.5, 0.6) is 5.75 Å². The second-order valence-electron chi connectivity index (χ2n) is 5.85. The average molecular weight is 321 g/mol. The minimum Gasteiger partial charge on any atom is -0.406 e. The Morgan fingerprint density at radius 1 is 1.09 bits per heavy atom. The summed E-state index contributed by atoms with van der Waals surface area (Å²) in [5.41, 5.74) is 4.78. The predicted molar refractivity (Wildman–Crippen MR) is 83.7 cm³/mol. The number of hydrogen-bond acceptors (Lipinski definition) is 2. The normalized spacial score (nSPS) is 14.5. The molecule has 2 nitrogen and oxygen atoms in total. The molecule has 0 saturated heterocycles. The summed E-state index contributed by atoms with van der Waals surface area (Å²) in [4.78, 5) is 2.28. The van der Waals surface area contributed by atoms with E-state index in [1.807, 2.05) is 0 Å². The number of rotatable bonds is 3. The van der Waals surface area contributed by atoms with E-state index in [9.17, 15) is 13.2 Å². The molecule has 0 fully saturated rings. The first-order chi connectivity index (χ1) is 10.9. The summed E-state index contributed by atoms with van der Waals surface area (Å²) in [6.45, 7) is 3.72. The minimum absolute atomic E-state index is 0.184. The third kappa shape index (κ3) is 3.97. The van der Waals surface area contributed by atoms with Gasteiger partial charge in [0.25, 0.3) is 0 Å². The number of aryl methyl sites for hydroxylation is 2. The fourth-order valence-electron chi connectivity index (χ4n) is 2.99. The molecule has 0 aromatic heterocycles. The molecule has 1 aliphatic heterocycles. The van der Waals surface area contributed by atoms with Crippen LogP contribution in [0, 0.1) is 6.92 Å². The molecule has 1 aliphatic rings. The molecule has 2 aromatic rings. The van der Waals surface area contributed by atoms with Gasteiger partial charge < -0.3 is 9.64 Å². The Labute approximate surface area is 133 Å². The summed E-state index contributed by atoms with van der Waals surface area (Å²) in [5.74, 6) is -0.184. The maximum Gasteiger partial charge on any atom is 0.573 e. The van der Waals surface area contributed by atoms with Crippen molar-refractivity contribution in [3.05, 3.63) is 59.2 Å². The second-order valence-corrected chi connectivity index (χ2v) is 5.85. The highest BCUT2D eigenvalue weighted by Crippen LogP contribution is 2.30. The summed E-state index contributed by atoms with van der Waals surface area (Å²) < 4.78 is 40.4. The fourth-order valence-corrected chi connectivity index (χ4v) is 2.99. The third-order valence-corrected chi connectivity index (χ3v) is 3.98. The first-order valence-corrected chi connectivity index (χ1v) is 7.60. The van der Waals surface area contributed by atoms with Crippen LogP contribution in [-0.4, -0.2) is 12.9 Å². The summed E-state index contributed by atoms with van der Waals surface area (Å²) in [6, 6.07) is 12.5. The average Bonchev–Trinajstić information content (AvgIpc) is 2.48. The Kier molecular flexibility index (Phi) is 4.20. The number of fused-ring (bicyclic) bond motifs is 1. The van der Waals surface area contributed by atoms with Gasteiger partial charge in [0.15, 0.2) is 0 Å². The van der Waals surface area contributed by atoms with E-state index in [1.54, 1.807) is 12.1 Å². The summed E-state index contributed by atoms with van der Waals surface area (Å²) in [7, 11) is 0. The standard InChI is InChI=1S/C18H18F3NO/c1-13-4-9-17-15(11-13)3-2-10-22(17)12-14-5-7-16(8-6-14)23-18(19,20)21/h4-9,11H,2-3,10,12H2,1H3. The molecule has 2 aromatic carbocycles. The number of nitrogens with zero attached hydrogens (tertiary/aromatic N) is 1. The van der Waals surface area contributed by atoms with E-state index in [1.165, 1.54) is 28.9 Å². The van der Waals surface area contributed by atoms with Crippen molar-refractivity contribution in [3.8, 4) is 5.75 Å². The van der Waals surface area contributed by atoms with E-state index in [0.717, 1.165) is 24.9 Å². The van der Waals surface area contributed by atoms with Crippen LogP contribution >= 0.6 is 0 Å². The molecule has 0 atom stereocenters. The number of ether oxygens (including phenoxy) is 1. The Morgan fingerprint density at radius 2 is 1.83 bits per heavy atom. The van der Waals surface area contributed by atoms with Crippen LogP contribution in [0.25, 0.3) is 0 Å². The topological polar surface area (TPSA) is 12.5 Å². The van der Waals surface area contributed by atoms with Crippen LogP contribution in [0.4, 0.5) is 18.9 Å². The first-order valence-electron chi connectivity index (χ1n) is 7.60. The number of hydrogen-bond donors (Lipinski definition) is 0. The van der Waals surface area contributed by atoms with Crippen molar-refractivity contribution < 1.29 is 17.9 Å². The lowest BCUT2D eigenvalue weighted by atomic mass is 9.99. The van der Waals surface area contributed by atoms with Crippen molar-refractivity contribution >= 4 is 5.69 Å². The number of benzene rings is 2. The molecule has 0 aliphatic carbocycles. The molecular weight excluding hydrogens is 303 g/mol. The molecule has 0 radical (unpaired) electrons. The molecule has 0 N–H and O–H groups in total. The van der Waals surface area contributed by atoms with E-state index in [-0.39, 0.29) is 5.75 Å². The summed E-state index contributed by atoms with van der Waals surface area (Å²) in [5, 5.41) is 0. The lowest BCUT2D eigenvalue weighted by molar-refractivity contribution is -0.274. The Morgan fingerprint density at radius 3 is 2.52 bits per heavy atom. The lowest BCUT2D eigenvalue weighted by Crippen LogP contribution is -2.28. The van der Waals surface area contributed by atoms with Crippen LogP contribution in [0.2, 0.25) is 0 Å². The maximum absolute atomic E-state index is 12.2. The van der Waals surface area contributed by atoms with Crippen LogP contribution in [-0.2, 0) is 13.0 Å². The van der Waals surface area contributed by atoms with Crippen molar-refractivity contribution in [3.63, 3.8) is 0 Å². The molecule has 1 heterocycles. The highest BCUT2D eigenvalue weighted by atomic mass is 19.4. The maximum atomic E-state index is 12.2. The SMILES string of the molecule is Cc1ccc2c(c1)CCCN2Cc1ccc(OC(F)(F)F)cc1. The Hall–Kier alpha value is -2.17. The van der Waals surface area contributed by atoms with Gasteiger partial charge >= 0.3 is 6.36 Å². The van der Waals surface area contributed by atoms with Gasteiger partial charge in [0, 0.05) is 18.8 Å². The molecule has 23 heavy (non-hydrogen) atoms.